The molecule has 0 bridgehead atoms. The quantitative estimate of drug-likeness (QED) is 0.575. The number of non-ortho nitro benzene ring substituents is 1. The minimum atomic E-state index is -0.975. The van der Waals surface area contributed by atoms with E-state index in [1.54, 1.807) is 4.90 Å². The Hall–Kier alpha value is -1.96. The van der Waals surface area contributed by atoms with Gasteiger partial charge in [-0.2, -0.15) is 0 Å². The molecular formula is C18H16BrClN2O4. The summed E-state index contributed by atoms with van der Waals surface area (Å²) in [6.07, 6.45) is 0.815. The van der Waals surface area contributed by atoms with Crippen LogP contribution in [0.5, 0.6) is 0 Å². The Labute approximate surface area is 163 Å². The van der Waals surface area contributed by atoms with Crippen LogP contribution in [-0.2, 0) is 5.60 Å². The van der Waals surface area contributed by atoms with Crippen LogP contribution in [0.3, 0.4) is 0 Å². The highest BCUT2D eigenvalue weighted by Crippen LogP contribution is 2.34. The zero-order valence-corrected chi connectivity index (χ0v) is 16.0. The van der Waals surface area contributed by atoms with Gasteiger partial charge < -0.3 is 10.0 Å². The maximum Gasteiger partial charge on any atom is 0.270 e. The summed E-state index contributed by atoms with van der Waals surface area (Å²) in [5, 5.41) is 21.7. The molecule has 26 heavy (non-hydrogen) atoms. The Bertz CT molecular complexity index is 849. The average Bonchev–Trinajstić information content (AvgIpc) is 2.62. The second-order valence-electron chi connectivity index (χ2n) is 6.25. The zero-order chi connectivity index (χ0) is 18.9. The van der Waals surface area contributed by atoms with Crippen molar-refractivity contribution in [3.63, 3.8) is 0 Å². The highest BCUT2D eigenvalue weighted by atomic mass is 79.9. The topological polar surface area (TPSA) is 83.7 Å². The summed E-state index contributed by atoms with van der Waals surface area (Å²) in [5.41, 5.74) is -0.0844. The Morgan fingerprint density at radius 1 is 1.19 bits per heavy atom. The number of hydrogen-bond acceptors (Lipinski definition) is 4. The maximum absolute atomic E-state index is 12.7. The van der Waals surface area contributed by atoms with E-state index < -0.39 is 10.5 Å². The smallest absolute Gasteiger partial charge is 0.270 e. The van der Waals surface area contributed by atoms with Gasteiger partial charge in [0.25, 0.3) is 11.6 Å². The molecular weight excluding hydrogens is 424 g/mol. The summed E-state index contributed by atoms with van der Waals surface area (Å²) in [4.78, 5) is 24.5. The van der Waals surface area contributed by atoms with E-state index in [0.29, 0.717) is 25.9 Å². The van der Waals surface area contributed by atoms with Crippen LogP contribution in [0.2, 0.25) is 5.02 Å². The van der Waals surface area contributed by atoms with E-state index >= 15 is 0 Å². The van der Waals surface area contributed by atoms with Gasteiger partial charge in [0.1, 0.15) is 0 Å². The number of halogens is 2. The minimum Gasteiger partial charge on any atom is -0.385 e. The molecule has 0 atom stereocenters. The zero-order valence-electron chi connectivity index (χ0n) is 13.7. The molecule has 6 nitrogen and oxygen atoms in total. The van der Waals surface area contributed by atoms with Crippen molar-refractivity contribution < 1.29 is 14.8 Å². The molecule has 0 radical (unpaired) electrons. The van der Waals surface area contributed by atoms with Crippen LogP contribution in [0.15, 0.2) is 46.9 Å². The second kappa shape index (κ2) is 7.34. The van der Waals surface area contributed by atoms with E-state index in [9.17, 15) is 20.0 Å². The molecule has 1 aliphatic heterocycles. The third-order valence-corrected chi connectivity index (χ3v) is 5.49. The lowest BCUT2D eigenvalue weighted by atomic mass is 9.84. The van der Waals surface area contributed by atoms with Crippen molar-refractivity contribution in [2.45, 2.75) is 18.4 Å². The molecule has 1 heterocycles. The molecule has 1 aliphatic rings. The molecule has 0 unspecified atom stereocenters. The molecule has 1 fully saturated rings. The van der Waals surface area contributed by atoms with Crippen LogP contribution >= 0.6 is 27.5 Å². The molecule has 1 amide bonds. The summed E-state index contributed by atoms with van der Waals surface area (Å²) < 4.78 is 0.935. The SMILES string of the molecule is O=C(c1ccc([N+](=O)[O-])cc1Cl)N1CCC(O)(c2ccc(Br)cc2)CC1. The van der Waals surface area contributed by atoms with Crippen molar-refractivity contribution in [2.24, 2.45) is 0 Å². The third-order valence-electron chi connectivity index (χ3n) is 4.65. The molecule has 0 saturated carbocycles. The Kier molecular flexibility index (Phi) is 5.32. The van der Waals surface area contributed by atoms with Crippen molar-refractivity contribution in [3.8, 4) is 0 Å². The molecule has 2 aromatic rings. The molecule has 0 aromatic heterocycles. The van der Waals surface area contributed by atoms with E-state index in [2.05, 4.69) is 15.9 Å². The van der Waals surface area contributed by atoms with Gasteiger partial charge in [0.05, 0.1) is 21.1 Å². The molecule has 8 heteroatoms. The first kappa shape index (κ1) is 18.8. The van der Waals surface area contributed by atoms with Gasteiger partial charge in [0, 0.05) is 29.7 Å². The molecule has 1 N–H and O–H groups in total. The van der Waals surface area contributed by atoms with E-state index in [1.165, 1.54) is 18.2 Å². The van der Waals surface area contributed by atoms with E-state index in [0.717, 1.165) is 10.0 Å². The summed E-state index contributed by atoms with van der Waals surface area (Å²) in [6, 6.07) is 11.3. The fourth-order valence-corrected chi connectivity index (χ4v) is 3.61. The summed E-state index contributed by atoms with van der Waals surface area (Å²) in [5.74, 6) is -0.289. The number of piperidine rings is 1. The first-order valence-corrected chi connectivity index (χ1v) is 9.19. The van der Waals surface area contributed by atoms with Gasteiger partial charge in [-0.15, -0.1) is 0 Å². The van der Waals surface area contributed by atoms with E-state index in [1.807, 2.05) is 24.3 Å². The molecule has 3 rings (SSSR count). The monoisotopic (exact) mass is 438 g/mol. The van der Waals surface area contributed by atoms with Gasteiger partial charge in [-0.1, -0.05) is 39.7 Å². The Morgan fingerprint density at radius 3 is 2.35 bits per heavy atom. The summed E-state index contributed by atoms with van der Waals surface area (Å²) in [7, 11) is 0. The summed E-state index contributed by atoms with van der Waals surface area (Å²) >= 11 is 9.42. The van der Waals surface area contributed by atoms with Crippen LogP contribution in [0.1, 0.15) is 28.8 Å². The fraction of sp³-hybridized carbons (Fsp3) is 0.278. The van der Waals surface area contributed by atoms with E-state index in [-0.39, 0.29) is 22.2 Å². The van der Waals surface area contributed by atoms with Crippen molar-refractivity contribution in [1.82, 2.24) is 4.90 Å². The first-order valence-electron chi connectivity index (χ1n) is 8.02. The predicted molar refractivity (Wildman–Crippen MR) is 101 cm³/mol. The van der Waals surface area contributed by atoms with Gasteiger partial charge in [0.2, 0.25) is 0 Å². The number of carbonyl (C=O) groups is 1. The number of hydrogen-bond donors (Lipinski definition) is 1. The fourth-order valence-electron chi connectivity index (χ4n) is 3.09. The number of nitrogens with zero attached hydrogens (tertiary/aromatic N) is 2. The van der Waals surface area contributed by atoms with E-state index in [4.69, 9.17) is 11.6 Å². The van der Waals surface area contributed by atoms with Gasteiger partial charge >= 0.3 is 0 Å². The van der Waals surface area contributed by atoms with Crippen LogP contribution in [0, 0.1) is 10.1 Å². The van der Waals surface area contributed by atoms with Crippen molar-refractivity contribution in [3.05, 3.63) is 73.2 Å². The van der Waals surface area contributed by atoms with Crippen LogP contribution < -0.4 is 0 Å². The number of nitro benzene ring substituents is 1. The molecule has 136 valence electrons. The Morgan fingerprint density at radius 2 is 1.81 bits per heavy atom. The number of amides is 1. The molecule has 1 saturated heterocycles. The number of carbonyl (C=O) groups excluding carboxylic acids is 1. The van der Waals surface area contributed by atoms with Gasteiger partial charge in [-0.25, -0.2) is 0 Å². The van der Waals surface area contributed by atoms with Crippen LogP contribution in [-0.4, -0.2) is 33.9 Å². The number of nitro groups is 1. The van der Waals surface area contributed by atoms with Crippen molar-refractivity contribution in [2.75, 3.05) is 13.1 Å². The highest BCUT2D eigenvalue weighted by molar-refractivity contribution is 9.10. The lowest BCUT2D eigenvalue weighted by molar-refractivity contribution is -0.384. The van der Waals surface area contributed by atoms with Gasteiger partial charge in [-0.05, 0) is 36.6 Å². The average molecular weight is 440 g/mol. The third kappa shape index (κ3) is 3.75. The summed E-state index contributed by atoms with van der Waals surface area (Å²) in [6.45, 7) is 0.747. The highest BCUT2D eigenvalue weighted by Gasteiger charge is 2.36. The maximum atomic E-state index is 12.7. The van der Waals surface area contributed by atoms with Crippen LogP contribution in [0.4, 0.5) is 5.69 Å². The van der Waals surface area contributed by atoms with Gasteiger partial charge in [-0.3, -0.25) is 14.9 Å². The minimum absolute atomic E-state index is 0.0537. The first-order chi connectivity index (χ1) is 12.3. The Balaban J connectivity index is 1.72. The van der Waals surface area contributed by atoms with Crippen molar-refractivity contribution in [1.29, 1.82) is 0 Å². The molecule has 0 spiro atoms. The number of likely N-dealkylation sites (tertiary alicyclic amines) is 1. The van der Waals surface area contributed by atoms with Crippen LogP contribution in [0.25, 0.3) is 0 Å². The number of rotatable bonds is 3. The van der Waals surface area contributed by atoms with Gasteiger partial charge in [0.15, 0.2) is 0 Å². The normalized spacial score (nSPS) is 16.3. The predicted octanol–water partition coefficient (Wildman–Crippen LogP) is 4.13. The standard InChI is InChI=1S/C18H16BrClN2O4/c19-13-3-1-12(2-4-13)18(24)7-9-21(10-8-18)17(23)15-6-5-14(22(25)26)11-16(15)20/h1-6,11,24H,7-10H2. The second-order valence-corrected chi connectivity index (χ2v) is 7.57. The largest absolute Gasteiger partial charge is 0.385 e. The lowest BCUT2D eigenvalue weighted by Crippen LogP contribution is -2.45. The lowest BCUT2D eigenvalue weighted by Gasteiger charge is -2.38. The van der Waals surface area contributed by atoms with Crippen molar-refractivity contribution >= 4 is 39.1 Å². The molecule has 2 aromatic carbocycles. The molecule has 0 aliphatic carbocycles. The number of aliphatic hydroxyl groups is 1. The number of benzene rings is 2.